The number of ether oxygens (including phenoxy) is 1. The van der Waals surface area contributed by atoms with E-state index in [1.165, 1.54) is 23.3 Å². The van der Waals surface area contributed by atoms with Crippen molar-refractivity contribution in [3.63, 3.8) is 0 Å². The van der Waals surface area contributed by atoms with Gasteiger partial charge in [-0.15, -0.1) is 0 Å². The standard InChI is InChI=1S/C25H32O3Si/c1-18(21-14-13-20-10-6-7-11-22(20)15-21)9-8-12-24(28-19(2)26)23-16-25(27-17-23)29(3,4)5/h6-7,10-11,13-18,24H,8-9,12H2,1-5H3. The van der Waals surface area contributed by atoms with Crippen molar-refractivity contribution in [2.75, 3.05) is 0 Å². The maximum absolute atomic E-state index is 11.6. The van der Waals surface area contributed by atoms with Crippen molar-refractivity contribution >= 4 is 30.2 Å². The lowest BCUT2D eigenvalue weighted by atomic mass is 9.92. The normalized spacial score (nSPS) is 14.0. The van der Waals surface area contributed by atoms with E-state index >= 15 is 0 Å². The number of hydrogen-bond donors (Lipinski definition) is 0. The van der Waals surface area contributed by atoms with E-state index in [-0.39, 0.29) is 12.1 Å². The highest BCUT2D eigenvalue weighted by atomic mass is 28.3. The summed E-state index contributed by atoms with van der Waals surface area (Å²) in [4.78, 5) is 11.6. The number of esters is 1. The predicted molar refractivity (Wildman–Crippen MR) is 122 cm³/mol. The highest BCUT2D eigenvalue weighted by Gasteiger charge is 2.24. The Bertz CT molecular complexity index is 967. The molecule has 2 atom stereocenters. The van der Waals surface area contributed by atoms with Crippen molar-refractivity contribution in [3.8, 4) is 0 Å². The zero-order valence-electron chi connectivity index (χ0n) is 18.2. The third-order valence-corrected chi connectivity index (χ3v) is 7.23. The summed E-state index contributed by atoms with van der Waals surface area (Å²) in [5, 5.41) is 3.61. The Morgan fingerprint density at radius 2 is 1.72 bits per heavy atom. The molecule has 0 aliphatic rings. The minimum Gasteiger partial charge on any atom is -0.474 e. The maximum Gasteiger partial charge on any atom is 0.303 e. The van der Waals surface area contributed by atoms with Crippen LogP contribution in [-0.4, -0.2) is 14.0 Å². The molecular weight excluding hydrogens is 376 g/mol. The van der Waals surface area contributed by atoms with Gasteiger partial charge in [0.1, 0.15) is 14.2 Å². The van der Waals surface area contributed by atoms with Crippen LogP contribution in [0.5, 0.6) is 0 Å². The molecule has 0 N–H and O–H groups in total. The molecule has 0 bridgehead atoms. The smallest absolute Gasteiger partial charge is 0.303 e. The van der Waals surface area contributed by atoms with E-state index in [1.54, 1.807) is 6.26 Å². The third kappa shape index (κ3) is 5.60. The molecule has 3 aromatic rings. The summed E-state index contributed by atoms with van der Waals surface area (Å²) in [5.41, 5.74) is 2.34. The van der Waals surface area contributed by atoms with Crippen molar-refractivity contribution < 1.29 is 13.9 Å². The Morgan fingerprint density at radius 3 is 2.38 bits per heavy atom. The minimum atomic E-state index is -1.52. The second-order valence-electron chi connectivity index (χ2n) is 9.03. The van der Waals surface area contributed by atoms with Crippen LogP contribution in [-0.2, 0) is 9.53 Å². The van der Waals surface area contributed by atoms with Crippen molar-refractivity contribution in [1.82, 2.24) is 0 Å². The summed E-state index contributed by atoms with van der Waals surface area (Å²) in [7, 11) is -1.52. The van der Waals surface area contributed by atoms with Crippen LogP contribution in [0.15, 0.2) is 59.2 Å². The largest absolute Gasteiger partial charge is 0.474 e. The molecule has 0 aliphatic carbocycles. The fourth-order valence-electron chi connectivity index (χ4n) is 3.70. The summed E-state index contributed by atoms with van der Waals surface area (Å²) in [6.45, 7) is 10.5. The minimum absolute atomic E-state index is 0.231. The van der Waals surface area contributed by atoms with E-state index in [0.717, 1.165) is 30.2 Å². The van der Waals surface area contributed by atoms with Gasteiger partial charge in [-0.3, -0.25) is 4.79 Å². The Kier molecular flexibility index (Phi) is 6.63. The van der Waals surface area contributed by atoms with E-state index in [2.05, 4.69) is 75.1 Å². The number of carbonyl (C=O) groups is 1. The van der Waals surface area contributed by atoms with Crippen LogP contribution in [0.4, 0.5) is 0 Å². The molecule has 2 unspecified atom stereocenters. The number of furan rings is 1. The van der Waals surface area contributed by atoms with E-state index in [9.17, 15) is 4.79 Å². The Labute approximate surface area is 175 Å². The molecule has 0 amide bonds. The van der Waals surface area contributed by atoms with Gasteiger partial charge in [-0.1, -0.05) is 69.0 Å². The molecule has 0 fully saturated rings. The zero-order chi connectivity index (χ0) is 21.0. The predicted octanol–water partition coefficient (Wildman–Crippen LogP) is 6.56. The van der Waals surface area contributed by atoms with Gasteiger partial charge in [-0.05, 0) is 47.6 Å². The van der Waals surface area contributed by atoms with Crippen LogP contribution in [0.2, 0.25) is 19.6 Å². The number of hydrogen-bond acceptors (Lipinski definition) is 3. The van der Waals surface area contributed by atoms with Crippen LogP contribution in [0.3, 0.4) is 0 Å². The van der Waals surface area contributed by atoms with Gasteiger partial charge in [-0.25, -0.2) is 0 Å². The highest BCUT2D eigenvalue weighted by Crippen LogP contribution is 2.29. The van der Waals surface area contributed by atoms with Crippen LogP contribution in [0.1, 0.15) is 56.3 Å². The van der Waals surface area contributed by atoms with Gasteiger partial charge in [0, 0.05) is 12.5 Å². The summed E-state index contributed by atoms with van der Waals surface area (Å²) < 4.78 is 11.4. The number of fused-ring (bicyclic) bond motifs is 1. The Hall–Kier alpha value is -2.33. The lowest BCUT2D eigenvalue weighted by Gasteiger charge is -2.18. The van der Waals surface area contributed by atoms with Gasteiger partial charge in [-0.2, -0.15) is 0 Å². The molecule has 4 heteroatoms. The molecule has 154 valence electrons. The van der Waals surface area contributed by atoms with Gasteiger partial charge < -0.3 is 9.15 Å². The number of rotatable bonds is 8. The van der Waals surface area contributed by atoms with Crippen LogP contribution >= 0.6 is 0 Å². The fraction of sp³-hybridized carbons (Fsp3) is 0.400. The summed E-state index contributed by atoms with van der Waals surface area (Å²) >= 11 is 0. The molecule has 3 nitrogen and oxygen atoms in total. The molecule has 2 aromatic carbocycles. The summed E-state index contributed by atoms with van der Waals surface area (Å²) in [5.74, 6) is 0.216. The molecule has 1 heterocycles. The van der Waals surface area contributed by atoms with E-state index in [0.29, 0.717) is 5.92 Å². The Balaban J connectivity index is 1.64. The first-order chi connectivity index (χ1) is 13.7. The zero-order valence-corrected chi connectivity index (χ0v) is 19.2. The SMILES string of the molecule is CC(=O)OC(CCCC(C)c1ccc2ccccc2c1)c1coc([Si](C)(C)C)c1. The topological polar surface area (TPSA) is 39.4 Å². The molecule has 0 aliphatic heterocycles. The van der Waals surface area contributed by atoms with E-state index in [1.807, 2.05) is 0 Å². The molecule has 1 aromatic heterocycles. The summed E-state index contributed by atoms with van der Waals surface area (Å²) in [6, 6.07) is 17.3. The first kappa shape index (κ1) is 21.4. The first-order valence-corrected chi connectivity index (χ1v) is 14.0. The van der Waals surface area contributed by atoms with Gasteiger partial charge >= 0.3 is 5.97 Å². The summed E-state index contributed by atoms with van der Waals surface area (Å²) in [6.07, 6.45) is 4.38. The van der Waals surface area contributed by atoms with Crippen molar-refractivity contribution in [2.45, 2.75) is 64.8 Å². The van der Waals surface area contributed by atoms with E-state index < -0.39 is 8.07 Å². The van der Waals surface area contributed by atoms with Crippen molar-refractivity contribution in [3.05, 3.63) is 65.9 Å². The molecule has 29 heavy (non-hydrogen) atoms. The number of benzene rings is 2. The van der Waals surface area contributed by atoms with Gasteiger partial charge in [0.2, 0.25) is 0 Å². The van der Waals surface area contributed by atoms with Crippen LogP contribution < -0.4 is 5.38 Å². The maximum atomic E-state index is 11.6. The number of carbonyl (C=O) groups excluding carboxylic acids is 1. The first-order valence-electron chi connectivity index (χ1n) is 10.5. The van der Waals surface area contributed by atoms with E-state index in [4.69, 9.17) is 9.15 Å². The quantitative estimate of drug-likeness (QED) is 0.313. The van der Waals surface area contributed by atoms with Gasteiger partial charge in [0.15, 0.2) is 0 Å². The second-order valence-corrected chi connectivity index (χ2v) is 14.0. The molecule has 0 radical (unpaired) electrons. The molecular formula is C25H32O3Si. The second kappa shape index (κ2) is 9.00. The van der Waals surface area contributed by atoms with Crippen molar-refractivity contribution in [2.24, 2.45) is 0 Å². The molecule has 0 spiro atoms. The van der Waals surface area contributed by atoms with Gasteiger partial charge in [0.05, 0.1) is 11.6 Å². The van der Waals surface area contributed by atoms with Crippen LogP contribution in [0.25, 0.3) is 10.8 Å². The molecule has 0 saturated carbocycles. The Morgan fingerprint density at radius 1 is 1.00 bits per heavy atom. The third-order valence-electron chi connectivity index (χ3n) is 5.48. The average Bonchev–Trinajstić information content (AvgIpc) is 3.17. The lowest BCUT2D eigenvalue weighted by Crippen LogP contribution is -2.36. The fourth-order valence-corrected chi connectivity index (χ4v) is 4.71. The average molecular weight is 409 g/mol. The molecule has 0 saturated heterocycles. The van der Waals surface area contributed by atoms with Crippen LogP contribution in [0, 0.1) is 0 Å². The monoisotopic (exact) mass is 408 g/mol. The molecule has 3 rings (SSSR count). The highest BCUT2D eigenvalue weighted by molar-refractivity contribution is 6.87. The lowest BCUT2D eigenvalue weighted by molar-refractivity contribution is -0.147. The van der Waals surface area contributed by atoms with Gasteiger partial charge in [0.25, 0.3) is 0 Å². The van der Waals surface area contributed by atoms with Crippen molar-refractivity contribution in [1.29, 1.82) is 0 Å².